The van der Waals surface area contributed by atoms with E-state index in [4.69, 9.17) is 16.3 Å². The fraction of sp³-hybridized carbons (Fsp3) is 0.455. The summed E-state index contributed by atoms with van der Waals surface area (Å²) in [6, 6.07) is 1.18. The van der Waals surface area contributed by atoms with E-state index in [-0.39, 0.29) is 22.3 Å². The van der Waals surface area contributed by atoms with Crippen molar-refractivity contribution in [3.8, 4) is 0 Å². The van der Waals surface area contributed by atoms with E-state index in [0.717, 1.165) is 6.20 Å². The van der Waals surface area contributed by atoms with Crippen molar-refractivity contribution in [3.63, 3.8) is 0 Å². The summed E-state index contributed by atoms with van der Waals surface area (Å²) < 4.78 is 4.93. The van der Waals surface area contributed by atoms with Crippen LogP contribution in [0.5, 0.6) is 0 Å². The number of pyridine rings is 1. The number of hydrogen-bond acceptors (Lipinski definition) is 5. The van der Waals surface area contributed by atoms with Gasteiger partial charge in [0.2, 0.25) is 0 Å². The maximum Gasteiger partial charge on any atom is 0.300 e. The van der Waals surface area contributed by atoms with Gasteiger partial charge in [-0.3, -0.25) is 14.9 Å². The Morgan fingerprint density at radius 3 is 2.95 bits per heavy atom. The summed E-state index contributed by atoms with van der Waals surface area (Å²) in [5.41, 5.74) is -0.476. The number of amides is 1. The summed E-state index contributed by atoms with van der Waals surface area (Å²) in [4.78, 5) is 25.6. The number of aromatic nitrogens is 1. The molecule has 8 heteroatoms. The summed E-state index contributed by atoms with van der Waals surface area (Å²) in [5.74, 6) is -0.454. The lowest BCUT2D eigenvalue weighted by atomic mass is 10.1. The minimum Gasteiger partial charge on any atom is -0.384 e. The zero-order valence-corrected chi connectivity index (χ0v) is 11.3. The summed E-state index contributed by atoms with van der Waals surface area (Å²) in [6.45, 7) is 2.72. The van der Waals surface area contributed by atoms with E-state index < -0.39 is 10.8 Å². The molecule has 0 saturated heterocycles. The predicted molar refractivity (Wildman–Crippen MR) is 69.3 cm³/mol. The average Bonchev–Trinajstić information content (AvgIpc) is 2.35. The van der Waals surface area contributed by atoms with Crippen LogP contribution in [-0.4, -0.2) is 36.1 Å². The molecule has 0 aliphatic rings. The van der Waals surface area contributed by atoms with Crippen LogP contribution in [0.4, 0.5) is 5.69 Å². The molecule has 0 spiro atoms. The van der Waals surface area contributed by atoms with Crippen LogP contribution in [0.2, 0.25) is 5.15 Å². The normalized spacial score (nSPS) is 11.9. The molecule has 1 heterocycles. The molecular weight excluding hydrogens is 274 g/mol. The summed E-state index contributed by atoms with van der Waals surface area (Å²) in [7, 11) is 1.56. The third-order valence-corrected chi connectivity index (χ3v) is 2.56. The Bertz CT molecular complexity index is 481. The van der Waals surface area contributed by atoms with Crippen LogP contribution in [0.1, 0.15) is 17.3 Å². The Morgan fingerprint density at radius 2 is 2.37 bits per heavy atom. The largest absolute Gasteiger partial charge is 0.384 e. The molecule has 1 aromatic heterocycles. The molecule has 1 rings (SSSR count). The minimum absolute atomic E-state index is 0.0284. The molecule has 1 atom stereocenters. The zero-order valence-electron chi connectivity index (χ0n) is 10.6. The molecule has 19 heavy (non-hydrogen) atoms. The highest BCUT2D eigenvalue weighted by molar-refractivity contribution is 6.29. The summed E-state index contributed by atoms with van der Waals surface area (Å²) in [5, 5.41) is 13.4. The molecule has 0 radical (unpaired) electrons. The first-order valence-corrected chi connectivity index (χ1v) is 5.90. The number of methoxy groups -OCH3 is 1. The molecule has 1 N–H and O–H groups in total. The van der Waals surface area contributed by atoms with Gasteiger partial charge in [0.1, 0.15) is 16.9 Å². The van der Waals surface area contributed by atoms with Crippen molar-refractivity contribution >= 4 is 23.2 Å². The quantitative estimate of drug-likeness (QED) is 0.488. The Balaban J connectivity index is 2.81. The Labute approximate surface area is 115 Å². The van der Waals surface area contributed by atoms with E-state index in [2.05, 4.69) is 10.3 Å². The number of halogens is 1. The van der Waals surface area contributed by atoms with E-state index in [0.29, 0.717) is 13.2 Å². The lowest BCUT2D eigenvalue weighted by Crippen LogP contribution is -2.30. The van der Waals surface area contributed by atoms with Gasteiger partial charge in [-0.1, -0.05) is 18.5 Å². The smallest absolute Gasteiger partial charge is 0.300 e. The van der Waals surface area contributed by atoms with Gasteiger partial charge in [-0.25, -0.2) is 4.98 Å². The zero-order chi connectivity index (χ0) is 14.4. The predicted octanol–water partition coefficient (Wildman–Crippen LogP) is 1.66. The van der Waals surface area contributed by atoms with Gasteiger partial charge < -0.3 is 10.1 Å². The van der Waals surface area contributed by atoms with E-state index in [1.807, 2.05) is 6.92 Å². The second kappa shape index (κ2) is 7.01. The fourth-order valence-corrected chi connectivity index (χ4v) is 1.61. The van der Waals surface area contributed by atoms with Crippen LogP contribution in [-0.2, 0) is 4.74 Å². The SMILES string of the molecule is COCC(C)CNC(=O)c1cc(Cl)ncc1[N+](=O)[O-]. The number of hydrogen-bond donors (Lipinski definition) is 1. The van der Waals surface area contributed by atoms with Gasteiger partial charge in [-0.15, -0.1) is 0 Å². The van der Waals surface area contributed by atoms with Crippen molar-refractivity contribution in [2.75, 3.05) is 20.3 Å². The Morgan fingerprint density at radius 1 is 1.68 bits per heavy atom. The molecule has 0 aliphatic heterocycles. The third kappa shape index (κ3) is 4.46. The van der Waals surface area contributed by atoms with Crippen LogP contribution in [0, 0.1) is 16.0 Å². The van der Waals surface area contributed by atoms with E-state index >= 15 is 0 Å². The minimum atomic E-state index is -0.670. The van der Waals surface area contributed by atoms with Crippen molar-refractivity contribution in [2.45, 2.75) is 6.92 Å². The average molecular weight is 288 g/mol. The number of nitro groups is 1. The van der Waals surface area contributed by atoms with Crippen molar-refractivity contribution < 1.29 is 14.5 Å². The highest BCUT2D eigenvalue weighted by Gasteiger charge is 2.21. The molecule has 0 aliphatic carbocycles. The molecule has 0 saturated carbocycles. The number of carbonyl (C=O) groups excluding carboxylic acids is 1. The summed E-state index contributed by atoms with van der Waals surface area (Å²) in [6.07, 6.45) is 0.968. The maximum atomic E-state index is 11.9. The van der Waals surface area contributed by atoms with Crippen LogP contribution in [0.3, 0.4) is 0 Å². The second-order valence-corrected chi connectivity index (χ2v) is 4.44. The Kier molecular flexibility index (Phi) is 5.65. The van der Waals surface area contributed by atoms with Gasteiger partial charge in [0, 0.05) is 13.7 Å². The maximum absolute atomic E-state index is 11.9. The second-order valence-electron chi connectivity index (χ2n) is 4.05. The van der Waals surface area contributed by atoms with Crippen LogP contribution in [0.25, 0.3) is 0 Å². The standard InChI is InChI=1S/C11H14ClN3O4/c1-7(6-19-2)4-14-11(16)8-3-10(12)13-5-9(8)15(17)18/h3,5,7H,4,6H2,1-2H3,(H,14,16). The van der Waals surface area contributed by atoms with Gasteiger partial charge in [-0.2, -0.15) is 0 Å². The monoisotopic (exact) mass is 287 g/mol. The first-order chi connectivity index (χ1) is 8.95. The van der Waals surface area contributed by atoms with Crippen molar-refractivity contribution in [1.29, 1.82) is 0 Å². The first-order valence-electron chi connectivity index (χ1n) is 5.52. The van der Waals surface area contributed by atoms with Gasteiger partial charge in [0.15, 0.2) is 0 Å². The van der Waals surface area contributed by atoms with E-state index in [9.17, 15) is 14.9 Å². The number of ether oxygens (including phenoxy) is 1. The van der Waals surface area contributed by atoms with E-state index in [1.165, 1.54) is 6.07 Å². The van der Waals surface area contributed by atoms with Gasteiger partial charge in [0.05, 0.1) is 11.5 Å². The number of rotatable bonds is 6. The topological polar surface area (TPSA) is 94.4 Å². The lowest BCUT2D eigenvalue weighted by molar-refractivity contribution is -0.385. The first kappa shape index (κ1) is 15.3. The van der Waals surface area contributed by atoms with Crippen molar-refractivity contribution in [2.24, 2.45) is 5.92 Å². The number of carbonyl (C=O) groups is 1. The lowest BCUT2D eigenvalue weighted by Gasteiger charge is -2.11. The molecule has 104 valence electrons. The van der Waals surface area contributed by atoms with Crippen LogP contribution < -0.4 is 5.32 Å². The molecule has 1 amide bonds. The molecule has 0 aromatic carbocycles. The molecule has 7 nitrogen and oxygen atoms in total. The highest BCUT2D eigenvalue weighted by atomic mass is 35.5. The van der Waals surface area contributed by atoms with Gasteiger partial charge in [0.25, 0.3) is 11.6 Å². The van der Waals surface area contributed by atoms with E-state index in [1.54, 1.807) is 7.11 Å². The fourth-order valence-electron chi connectivity index (χ4n) is 1.46. The number of nitrogens with one attached hydrogen (secondary N) is 1. The molecular formula is C11H14ClN3O4. The summed E-state index contributed by atoms with van der Waals surface area (Å²) >= 11 is 5.64. The molecule has 0 bridgehead atoms. The van der Waals surface area contributed by atoms with Crippen LogP contribution in [0.15, 0.2) is 12.3 Å². The molecule has 0 fully saturated rings. The van der Waals surface area contributed by atoms with Crippen molar-refractivity contribution in [3.05, 3.63) is 33.1 Å². The van der Waals surface area contributed by atoms with Gasteiger partial charge in [-0.05, 0) is 12.0 Å². The Hall–Kier alpha value is -1.73. The van der Waals surface area contributed by atoms with Gasteiger partial charge >= 0.3 is 0 Å². The molecule has 1 aromatic rings. The molecule has 1 unspecified atom stereocenters. The number of nitrogens with zero attached hydrogens (tertiary/aromatic N) is 2. The van der Waals surface area contributed by atoms with Crippen LogP contribution >= 0.6 is 11.6 Å². The van der Waals surface area contributed by atoms with Crippen molar-refractivity contribution in [1.82, 2.24) is 10.3 Å². The third-order valence-electron chi connectivity index (χ3n) is 2.35. The highest BCUT2D eigenvalue weighted by Crippen LogP contribution is 2.20.